The van der Waals surface area contributed by atoms with E-state index in [0.29, 0.717) is 27.0 Å². The Morgan fingerprint density at radius 1 is 1.21 bits per heavy atom. The normalized spacial score (nSPS) is 21.9. The molecule has 10 heteroatoms. The third-order valence-corrected chi connectivity index (χ3v) is 4.82. The van der Waals surface area contributed by atoms with Gasteiger partial charge in [-0.25, -0.2) is 4.98 Å². The van der Waals surface area contributed by atoms with E-state index in [4.69, 9.17) is 37.4 Å². The van der Waals surface area contributed by atoms with Crippen LogP contribution in [0.2, 0.25) is 10.0 Å². The Bertz CT molecular complexity index is 914. The number of benzene rings is 1. The predicted octanol–water partition coefficient (Wildman–Crippen LogP) is 3.56. The van der Waals surface area contributed by atoms with Gasteiger partial charge in [-0.05, 0) is 26.0 Å². The first kappa shape index (κ1) is 20.7. The fourth-order valence-electron chi connectivity index (χ4n) is 3.14. The summed E-state index contributed by atoms with van der Waals surface area (Å²) < 4.78 is 18.4. The zero-order chi connectivity index (χ0) is 20.6. The van der Waals surface area contributed by atoms with Gasteiger partial charge in [-0.2, -0.15) is 0 Å². The molecule has 0 unspecified atom stereocenters. The number of esters is 2. The molecule has 3 atom stereocenters. The van der Waals surface area contributed by atoms with Gasteiger partial charge in [0.25, 0.3) is 0 Å². The van der Waals surface area contributed by atoms with Gasteiger partial charge in [0.05, 0.1) is 27.7 Å². The maximum Gasteiger partial charge on any atom is 0.303 e. The smallest absolute Gasteiger partial charge is 0.303 e. The van der Waals surface area contributed by atoms with E-state index in [0.717, 1.165) is 0 Å². The number of hydrogen-bond acceptors (Lipinski definition) is 7. The summed E-state index contributed by atoms with van der Waals surface area (Å²) in [6.07, 6.45) is -2.35. The fourth-order valence-corrected chi connectivity index (χ4v) is 3.45. The number of halogens is 2. The zero-order valence-electron chi connectivity index (χ0n) is 15.9. The summed E-state index contributed by atoms with van der Waals surface area (Å²) in [5.74, 6) is -0.507. The quantitative estimate of drug-likeness (QED) is 0.726. The van der Waals surface area contributed by atoms with Crippen LogP contribution in [0.3, 0.4) is 0 Å². The van der Waals surface area contributed by atoms with Crippen molar-refractivity contribution in [2.45, 2.75) is 52.2 Å². The molecular formula is C18H21Cl2N3O5. The van der Waals surface area contributed by atoms with Gasteiger partial charge in [0.2, 0.25) is 5.95 Å². The first-order valence-electron chi connectivity index (χ1n) is 8.77. The van der Waals surface area contributed by atoms with Gasteiger partial charge in [-0.1, -0.05) is 23.2 Å². The van der Waals surface area contributed by atoms with Crippen LogP contribution in [0.4, 0.5) is 5.95 Å². The molecule has 3 rings (SSSR count). The fraction of sp³-hybridized carbons (Fsp3) is 0.500. The van der Waals surface area contributed by atoms with Crippen LogP contribution in [0.15, 0.2) is 12.1 Å². The second-order valence-electron chi connectivity index (χ2n) is 6.81. The second kappa shape index (κ2) is 8.14. The molecule has 2 aromatic rings. The number of hydrogen-bond donors (Lipinski definition) is 1. The summed E-state index contributed by atoms with van der Waals surface area (Å²) in [4.78, 5) is 27.7. The van der Waals surface area contributed by atoms with Gasteiger partial charge < -0.3 is 19.5 Å². The minimum atomic E-state index is -0.846. The van der Waals surface area contributed by atoms with Crippen molar-refractivity contribution in [2.75, 3.05) is 11.9 Å². The highest BCUT2D eigenvalue weighted by Gasteiger charge is 2.44. The van der Waals surface area contributed by atoms with Crippen LogP contribution in [-0.2, 0) is 23.8 Å². The topological polar surface area (TPSA) is 91.7 Å². The molecule has 0 saturated carbocycles. The largest absolute Gasteiger partial charge is 0.456 e. The third kappa shape index (κ3) is 4.19. The monoisotopic (exact) mass is 429 g/mol. The molecule has 0 radical (unpaired) electrons. The number of nitrogens with one attached hydrogen (secondary N) is 1. The van der Waals surface area contributed by atoms with Gasteiger partial charge in [0, 0.05) is 19.9 Å². The van der Waals surface area contributed by atoms with E-state index in [1.165, 1.54) is 13.8 Å². The lowest BCUT2D eigenvalue weighted by atomic mass is 10.2. The molecule has 0 spiro atoms. The molecule has 1 N–H and O–H groups in total. The minimum Gasteiger partial charge on any atom is -0.456 e. The average Bonchev–Trinajstić information content (AvgIpc) is 3.07. The van der Waals surface area contributed by atoms with Gasteiger partial charge in [-0.3, -0.25) is 14.2 Å². The Balaban J connectivity index is 2.12. The summed E-state index contributed by atoms with van der Waals surface area (Å²) in [6, 6.07) is 3.39. The van der Waals surface area contributed by atoms with Gasteiger partial charge in [0.1, 0.15) is 0 Å². The lowest BCUT2D eigenvalue weighted by Gasteiger charge is -2.25. The molecule has 152 valence electrons. The van der Waals surface area contributed by atoms with Crippen LogP contribution in [0.1, 0.15) is 33.9 Å². The van der Waals surface area contributed by atoms with Crippen LogP contribution in [-0.4, -0.2) is 46.3 Å². The lowest BCUT2D eigenvalue weighted by Crippen LogP contribution is -2.36. The van der Waals surface area contributed by atoms with Crippen LogP contribution >= 0.6 is 23.2 Å². The number of anilines is 1. The van der Waals surface area contributed by atoms with E-state index in [2.05, 4.69) is 10.3 Å². The highest BCUT2D eigenvalue weighted by Crippen LogP contribution is 2.37. The van der Waals surface area contributed by atoms with Crippen molar-refractivity contribution in [3.63, 3.8) is 0 Å². The van der Waals surface area contributed by atoms with Crippen molar-refractivity contribution in [3.05, 3.63) is 22.2 Å². The van der Waals surface area contributed by atoms with Crippen LogP contribution in [0.25, 0.3) is 11.0 Å². The van der Waals surface area contributed by atoms with Gasteiger partial charge >= 0.3 is 11.9 Å². The van der Waals surface area contributed by atoms with Crippen LogP contribution < -0.4 is 5.32 Å². The number of nitrogens with zero attached hydrogens (tertiary/aromatic N) is 2. The summed E-state index contributed by atoms with van der Waals surface area (Å²) in [5, 5.41) is 3.97. The van der Waals surface area contributed by atoms with E-state index < -0.39 is 30.4 Å². The number of fused-ring (bicyclic) bond motifs is 1. The van der Waals surface area contributed by atoms with Crippen molar-refractivity contribution < 1.29 is 23.8 Å². The molecule has 1 aromatic heterocycles. The average molecular weight is 430 g/mol. The number of carbonyl (C=O) groups is 2. The molecule has 1 saturated heterocycles. The molecule has 1 fully saturated rings. The molecule has 0 amide bonds. The first-order chi connectivity index (χ1) is 13.2. The third-order valence-electron chi connectivity index (χ3n) is 4.10. The molecule has 2 heterocycles. The number of carbonyl (C=O) groups excluding carboxylic acids is 2. The van der Waals surface area contributed by atoms with Crippen molar-refractivity contribution in [3.8, 4) is 0 Å². The van der Waals surface area contributed by atoms with Gasteiger partial charge in [0.15, 0.2) is 18.4 Å². The van der Waals surface area contributed by atoms with Crippen molar-refractivity contribution in [1.82, 2.24) is 9.55 Å². The molecule has 0 aliphatic carbocycles. The Hall–Kier alpha value is -2.03. The molecule has 1 aliphatic rings. The van der Waals surface area contributed by atoms with E-state index in [1.807, 2.05) is 13.8 Å². The van der Waals surface area contributed by atoms with Gasteiger partial charge in [-0.15, -0.1) is 0 Å². The molecular weight excluding hydrogens is 409 g/mol. The maximum atomic E-state index is 11.7. The van der Waals surface area contributed by atoms with E-state index in [9.17, 15) is 9.59 Å². The van der Waals surface area contributed by atoms with E-state index in [1.54, 1.807) is 16.7 Å². The molecule has 28 heavy (non-hydrogen) atoms. The second-order valence-corrected chi connectivity index (χ2v) is 7.62. The lowest BCUT2D eigenvalue weighted by molar-refractivity contribution is -0.164. The Morgan fingerprint density at radius 2 is 1.86 bits per heavy atom. The molecule has 1 aromatic carbocycles. The molecule has 1 aliphatic heterocycles. The summed E-state index contributed by atoms with van der Waals surface area (Å²) >= 11 is 12.3. The molecule has 8 nitrogen and oxygen atoms in total. The minimum absolute atomic E-state index is 0.0688. The van der Waals surface area contributed by atoms with Crippen molar-refractivity contribution in [1.29, 1.82) is 0 Å². The van der Waals surface area contributed by atoms with Crippen LogP contribution in [0, 0.1) is 0 Å². The number of imidazole rings is 1. The van der Waals surface area contributed by atoms with E-state index >= 15 is 0 Å². The van der Waals surface area contributed by atoms with Crippen molar-refractivity contribution in [2.24, 2.45) is 0 Å². The zero-order valence-corrected chi connectivity index (χ0v) is 17.4. The predicted molar refractivity (Wildman–Crippen MR) is 105 cm³/mol. The molecule has 0 bridgehead atoms. The van der Waals surface area contributed by atoms with Crippen molar-refractivity contribution >= 4 is 52.1 Å². The standard InChI is InChI=1S/C18H21Cl2N3O5/c1-8(2)21-18-22-13-5-11(19)12(20)6-14(13)23(18)17-16(28-10(4)25)15(7-26-17)27-9(3)24/h5-6,8,15-17H,7H2,1-4H3,(H,21,22)/t15-,16-,17-/m0/s1. The Labute approximate surface area is 172 Å². The number of rotatable bonds is 5. The SMILES string of the molecule is CC(=O)O[C@H]1[C@@H](OC(C)=O)CO[C@@H]1n1c(NC(C)C)nc2cc(Cl)c(Cl)cc21. The summed E-state index contributed by atoms with van der Waals surface area (Å²) in [6.45, 7) is 6.58. The Kier molecular flexibility index (Phi) is 6.02. The Morgan fingerprint density at radius 3 is 2.46 bits per heavy atom. The number of aromatic nitrogens is 2. The first-order valence-corrected chi connectivity index (χ1v) is 9.52. The van der Waals surface area contributed by atoms with Crippen LogP contribution in [0.5, 0.6) is 0 Å². The van der Waals surface area contributed by atoms with E-state index in [-0.39, 0.29) is 12.6 Å². The summed E-state index contributed by atoms with van der Waals surface area (Å²) in [7, 11) is 0. The number of ether oxygens (including phenoxy) is 3. The highest BCUT2D eigenvalue weighted by molar-refractivity contribution is 6.42. The maximum absolute atomic E-state index is 11.7. The highest BCUT2D eigenvalue weighted by atomic mass is 35.5. The summed E-state index contributed by atoms with van der Waals surface area (Å²) in [5.41, 5.74) is 1.24.